The quantitative estimate of drug-likeness (QED) is 0.263. The number of benzene rings is 3. The molecule has 4 aromatic rings. The van der Waals surface area contributed by atoms with Crippen molar-refractivity contribution in [2.24, 2.45) is 0 Å². The minimum Gasteiger partial charge on any atom is -0.494 e. The van der Waals surface area contributed by atoms with Crippen LogP contribution in [-0.4, -0.2) is 16.2 Å². The van der Waals surface area contributed by atoms with E-state index < -0.39 is 0 Å². The summed E-state index contributed by atoms with van der Waals surface area (Å²) in [7, 11) is 0. The van der Waals surface area contributed by atoms with Crippen molar-refractivity contribution in [2.45, 2.75) is 26.3 Å². The molecule has 0 saturated heterocycles. The molecule has 0 N–H and O–H groups in total. The van der Waals surface area contributed by atoms with Gasteiger partial charge in [-0.25, -0.2) is 4.98 Å². The summed E-state index contributed by atoms with van der Waals surface area (Å²) in [6, 6.07) is 19.4. The third-order valence-corrected chi connectivity index (χ3v) is 5.97. The van der Waals surface area contributed by atoms with Crippen molar-refractivity contribution in [1.29, 1.82) is 0 Å². The fourth-order valence-electron chi connectivity index (χ4n) is 3.45. The van der Waals surface area contributed by atoms with Crippen molar-refractivity contribution >= 4 is 45.8 Å². The fraction of sp³-hybridized carbons (Fsp3) is 0.208. The molecule has 1 heterocycles. The van der Waals surface area contributed by atoms with Crippen LogP contribution in [0.25, 0.3) is 22.4 Å². The second-order valence-electron chi connectivity index (χ2n) is 7.17. The summed E-state index contributed by atoms with van der Waals surface area (Å²) < 4.78 is 8.10. The molecule has 0 amide bonds. The Hall–Kier alpha value is -2.20. The van der Waals surface area contributed by atoms with Crippen LogP contribution in [0.15, 0.2) is 60.7 Å². The summed E-state index contributed by atoms with van der Waals surface area (Å²) in [6.07, 6.45) is 1.87. The van der Waals surface area contributed by atoms with Gasteiger partial charge in [0.2, 0.25) is 0 Å². The van der Waals surface area contributed by atoms with Gasteiger partial charge in [0.1, 0.15) is 11.6 Å². The van der Waals surface area contributed by atoms with Crippen molar-refractivity contribution in [3.05, 3.63) is 81.3 Å². The lowest BCUT2D eigenvalue weighted by Crippen LogP contribution is -2.04. The van der Waals surface area contributed by atoms with Crippen LogP contribution >= 0.6 is 34.8 Å². The van der Waals surface area contributed by atoms with E-state index in [0.717, 1.165) is 58.1 Å². The van der Waals surface area contributed by atoms with E-state index in [1.54, 1.807) is 6.07 Å². The van der Waals surface area contributed by atoms with Gasteiger partial charge in [-0.15, -0.1) is 0 Å². The molecule has 0 atom stereocenters. The van der Waals surface area contributed by atoms with E-state index in [1.807, 2.05) is 55.5 Å². The summed E-state index contributed by atoms with van der Waals surface area (Å²) in [4.78, 5) is 4.83. The molecule has 3 aromatic carbocycles. The Morgan fingerprint density at radius 2 is 1.73 bits per heavy atom. The van der Waals surface area contributed by atoms with Crippen LogP contribution in [0.1, 0.15) is 18.4 Å². The molecule has 0 radical (unpaired) electrons. The molecule has 0 fully saturated rings. The van der Waals surface area contributed by atoms with Gasteiger partial charge in [0.15, 0.2) is 0 Å². The number of ether oxygens (including phenoxy) is 1. The molecule has 0 unspecified atom stereocenters. The van der Waals surface area contributed by atoms with Crippen LogP contribution in [0.4, 0.5) is 0 Å². The van der Waals surface area contributed by atoms with Crippen LogP contribution < -0.4 is 4.74 Å². The first-order chi connectivity index (χ1) is 14.5. The van der Waals surface area contributed by atoms with E-state index in [4.69, 9.17) is 44.5 Å². The Bertz CT molecular complexity index is 1190. The molecule has 6 heteroatoms. The highest BCUT2D eigenvalue weighted by atomic mass is 35.5. The number of aromatic nitrogens is 2. The molecule has 0 bridgehead atoms. The lowest BCUT2D eigenvalue weighted by Gasteiger charge is -2.12. The third kappa shape index (κ3) is 4.59. The lowest BCUT2D eigenvalue weighted by atomic mass is 10.2. The summed E-state index contributed by atoms with van der Waals surface area (Å²) in [5, 5.41) is 1.96. The van der Waals surface area contributed by atoms with Crippen molar-refractivity contribution in [2.75, 3.05) is 6.61 Å². The van der Waals surface area contributed by atoms with Gasteiger partial charge in [-0.1, -0.05) is 46.9 Å². The maximum absolute atomic E-state index is 6.47. The van der Waals surface area contributed by atoms with Crippen LogP contribution in [0, 0.1) is 6.92 Å². The highest BCUT2D eigenvalue weighted by molar-refractivity contribution is 6.36. The number of unbranched alkanes of at least 4 members (excludes halogenated alkanes) is 1. The number of rotatable bonds is 7. The third-order valence-electron chi connectivity index (χ3n) is 5.00. The van der Waals surface area contributed by atoms with Crippen LogP contribution in [0.2, 0.25) is 15.1 Å². The normalized spacial score (nSPS) is 11.2. The first kappa shape index (κ1) is 21.0. The number of hydrogen-bond acceptors (Lipinski definition) is 2. The molecule has 0 aliphatic rings. The number of halogens is 3. The maximum Gasteiger partial charge on any atom is 0.142 e. The second kappa shape index (κ2) is 9.30. The summed E-state index contributed by atoms with van der Waals surface area (Å²) in [5.41, 5.74) is 3.94. The van der Waals surface area contributed by atoms with E-state index in [0.29, 0.717) is 16.7 Å². The minimum absolute atomic E-state index is 0.598. The van der Waals surface area contributed by atoms with Crippen molar-refractivity contribution in [3.8, 4) is 17.1 Å². The molecular formula is C24H21Cl3N2O. The Balaban J connectivity index is 1.48. The number of nitrogens with zero attached hydrogens (tertiary/aromatic N) is 2. The Kier molecular flexibility index (Phi) is 6.52. The molecule has 3 nitrogen and oxygen atoms in total. The molecular weight excluding hydrogens is 439 g/mol. The molecule has 4 rings (SSSR count). The maximum atomic E-state index is 6.47. The van der Waals surface area contributed by atoms with E-state index >= 15 is 0 Å². The topological polar surface area (TPSA) is 27.1 Å². The van der Waals surface area contributed by atoms with Gasteiger partial charge in [0, 0.05) is 22.2 Å². The van der Waals surface area contributed by atoms with Gasteiger partial charge in [-0.05, 0) is 73.9 Å². The van der Waals surface area contributed by atoms with E-state index in [-0.39, 0.29) is 0 Å². The number of fused-ring (bicyclic) bond motifs is 1. The summed E-state index contributed by atoms with van der Waals surface area (Å²) in [6.45, 7) is 3.44. The monoisotopic (exact) mass is 458 g/mol. The largest absolute Gasteiger partial charge is 0.494 e. The second-order valence-corrected chi connectivity index (χ2v) is 8.42. The van der Waals surface area contributed by atoms with E-state index in [1.165, 1.54) is 0 Å². The molecule has 1 aromatic heterocycles. The zero-order valence-corrected chi connectivity index (χ0v) is 18.8. The minimum atomic E-state index is 0.598. The lowest BCUT2D eigenvalue weighted by molar-refractivity contribution is 0.303. The van der Waals surface area contributed by atoms with E-state index in [2.05, 4.69) is 10.6 Å². The van der Waals surface area contributed by atoms with Crippen molar-refractivity contribution in [1.82, 2.24) is 9.55 Å². The molecule has 0 saturated carbocycles. The Morgan fingerprint density at radius 1 is 0.900 bits per heavy atom. The van der Waals surface area contributed by atoms with Crippen LogP contribution in [0.5, 0.6) is 5.75 Å². The first-order valence-corrected chi connectivity index (χ1v) is 11.0. The fourth-order valence-corrected chi connectivity index (χ4v) is 4.06. The van der Waals surface area contributed by atoms with Gasteiger partial charge < -0.3 is 9.30 Å². The molecule has 0 spiro atoms. The summed E-state index contributed by atoms with van der Waals surface area (Å²) in [5.74, 6) is 1.70. The van der Waals surface area contributed by atoms with Crippen molar-refractivity contribution < 1.29 is 4.74 Å². The highest BCUT2D eigenvalue weighted by Crippen LogP contribution is 2.32. The average Bonchev–Trinajstić information content (AvgIpc) is 3.09. The van der Waals surface area contributed by atoms with Gasteiger partial charge in [-0.3, -0.25) is 0 Å². The Labute approximate surface area is 191 Å². The van der Waals surface area contributed by atoms with Gasteiger partial charge >= 0.3 is 0 Å². The zero-order valence-electron chi connectivity index (χ0n) is 16.5. The predicted molar refractivity (Wildman–Crippen MR) is 126 cm³/mol. The molecule has 0 aliphatic carbocycles. The standard InChI is InChI=1S/C24H21Cl3N2O/c1-16-14-18(9-11-20(16)26)30-13-5-4-12-29-23-7-3-2-6-22(23)28-24(29)19-10-8-17(25)15-21(19)27/h2-3,6-11,14-15H,4-5,12-13H2,1H3. The Morgan fingerprint density at radius 3 is 2.53 bits per heavy atom. The first-order valence-electron chi connectivity index (χ1n) is 9.82. The van der Waals surface area contributed by atoms with Gasteiger partial charge in [-0.2, -0.15) is 0 Å². The van der Waals surface area contributed by atoms with Crippen LogP contribution in [0.3, 0.4) is 0 Å². The molecule has 154 valence electrons. The number of aryl methyl sites for hydroxylation is 2. The van der Waals surface area contributed by atoms with Gasteiger partial charge in [0.05, 0.1) is 22.7 Å². The zero-order chi connectivity index (χ0) is 21.1. The summed E-state index contributed by atoms with van der Waals surface area (Å²) >= 11 is 18.6. The highest BCUT2D eigenvalue weighted by Gasteiger charge is 2.15. The molecule has 30 heavy (non-hydrogen) atoms. The number of hydrogen-bond donors (Lipinski definition) is 0. The van der Waals surface area contributed by atoms with Crippen LogP contribution in [-0.2, 0) is 6.54 Å². The average molecular weight is 460 g/mol. The predicted octanol–water partition coefficient (Wildman–Crippen LogP) is 7.83. The van der Waals surface area contributed by atoms with Gasteiger partial charge in [0.25, 0.3) is 0 Å². The SMILES string of the molecule is Cc1cc(OCCCCn2c(-c3ccc(Cl)cc3Cl)nc3ccccc32)ccc1Cl. The number of imidazole rings is 1. The smallest absolute Gasteiger partial charge is 0.142 e. The van der Waals surface area contributed by atoms with Crippen molar-refractivity contribution in [3.63, 3.8) is 0 Å². The molecule has 0 aliphatic heterocycles. The number of para-hydroxylation sites is 2. The van der Waals surface area contributed by atoms with E-state index in [9.17, 15) is 0 Å².